The van der Waals surface area contributed by atoms with Crippen LogP contribution in [-0.4, -0.2) is 18.3 Å². The Morgan fingerprint density at radius 1 is 1.33 bits per heavy atom. The molecule has 18 heavy (non-hydrogen) atoms. The number of hydrogen-bond donors (Lipinski definition) is 2. The van der Waals surface area contributed by atoms with Crippen molar-refractivity contribution in [1.82, 2.24) is 5.32 Å². The molecule has 3 heteroatoms. The molecule has 0 aliphatic rings. The van der Waals surface area contributed by atoms with Gasteiger partial charge in [0.05, 0.1) is 0 Å². The van der Waals surface area contributed by atoms with Gasteiger partial charge in [-0.2, -0.15) is 0 Å². The summed E-state index contributed by atoms with van der Waals surface area (Å²) >= 11 is 0. The van der Waals surface area contributed by atoms with Crippen molar-refractivity contribution in [3.8, 4) is 0 Å². The summed E-state index contributed by atoms with van der Waals surface area (Å²) < 4.78 is 13.1. The zero-order valence-corrected chi connectivity index (χ0v) is 11.4. The fourth-order valence-corrected chi connectivity index (χ4v) is 2.18. The van der Waals surface area contributed by atoms with Crippen molar-refractivity contribution in [1.29, 1.82) is 0 Å². The Morgan fingerprint density at radius 3 is 2.72 bits per heavy atom. The maximum absolute atomic E-state index is 13.1. The van der Waals surface area contributed by atoms with Crippen LogP contribution in [0.3, 0.4) is 0 Å². The highest BCUT2D eigenvalue weighted by molar-refractivity contribution is 5.23. The van der Waals surface area contributed by atoms with Crippen molar-refractivity contribution in [2.24, 2.45) is 5.92 Å². The van der Waals surface area contributed by atoms with Crippen molar-refractivity contribution in [2.75, 3.05) is 13.2 Å². The first-order valence-corrected chi connectivity index (χ1v) is 6.74. The van der Waals surface area contributed by atoms with E-state index in [0.29, 0.717) is 11.5 Å². The summed E-state index contributed by atoms with van der Waals surface area (Å²) in [5.41, 5.74) is 1.79. The number of rotatable bonds is 8. The molecule has 0 saturated heterocycles. The first-order valence-electron chi connectivity index (χ1n) is 6.74. The third-order valence-corrected chi connectivity index (χ3v) is 3.22. The van der Waals surface area contributed by atoms with Crippen LogP contribution in [0.15, 0.2) is 18.2 Å². The Morgan fingerprint density at radius 2 is 2.11 bits per heavy atom. The highest BCUT2D eigenvalue weighted by Gasteiger charge is 2.06. The molecule has 0 bridgehead atoms. The van der Waals surface area contributed by atoms with Gasteiger partial charge in [-0.15, -0.1) is 0 Å². The molecule has 1 atom stereocenters. The van der Waals surface area contributed by atoms with Gasteiger partial charge in [0.1, 0.15) is 5.82 Å². The summed E-state index contributed by atoms with van der Waals surface area (Å²) in [5.74, 6) is 0.379. The second kappa shape index (κ2) is 8.22. The van der Waals surface area contributed by atoms with E-state index in [1.807, 2.05) is 12.1 Å². The van der Waals surface area contributed by atoms with Gasteiger partial charge < -0.3 is 10.4 Å². The number of hydrogen-bond acceptors (Lipinski definition) is 2. The van der Waals surface area contributed by atoms with Crippen LogP contribution in [0.4, 0.5) is 4.39 Å². The van der Waals surface area contributed by atoms with Gasteiger partial charge in [0.25, 0.3) is 0 Å². The summed E-state index contributed by atoms with van der Waals surface area (Å²) in [5, 5.41) is 12.4. The molecule has 0 radical (unpaired) electrons. The van der Waals surface area contributed by atoms with Gasteiger partial charge in [-0.1, -0.05) is 25.5 Å². The number of aryl methyl sites for hydroxylation is 1. The third kappa shape index (κ3) is 5.15. The molecule has 0 aliphatic heterocycles. The molecule has 0 fully saturated rings. The summed E-state index contributed by atoms with van der Waals surface area (Å²) in [6, 6.07) is 5.21. The van der Waals surface area contributed by atoms with Crippen LogP contribution in [0.25, 0.3) is 0 Å². The summed E-state index contributed by atoms with van der Waals surface area (Å²) in [6.07, 6.45) is 3.13. The number of benzene rings is 1. The maximum Gasteiger partial charge on any atom is 0.126 e. The van der Waals surface area contributed by atoms with Crippen LogP contribution >= 0.6 is 0 Å². The minimum Gasteiger partial charge on any atom is -0.396 e. The monoisotopic (exact) mass is 253 g/mol. The normalized spacial score (nSPS) is 12.7. The fourth-order valence-electron chi connectivity index (χ4n) is 2.18. The second-order valence-corrected chi connectivity index (χ2v) is 4.88. The predicted molar refractivity (Wildman–Crippen MR) is 72.9 cm³/mol. The van der Waals surface area contributed by atoms with E-state index in [0.717, 1.165) is 37.9 Å². The van der Waals surface area contributed by atoms with E-state index >= 15 is 0 Å². The van der Waals surface area contributed by atoms with E-state index in [2.05, 4.69) is 12.2 Å². The molecule has 2 nitrogen and oxygen atoms in total. The van der Waals surface area contributed by atoms with Gasteiger partial charge in [0, 0.05) is 13.2 Å². The fraction of sp³-hybridized carbons (Fsp3) is 0.600. The van der Waals surface area contributed by atoms with Gasteiger partial charge >= 0.3 is 0 Å². The molecular weight excluding hydrogens is 229 g/mol. The van der Waals surface area contributed by atoms with Crippen LogP contribution in [0, 0.1) is 18.7 Å². The van der Waals surface area contributed by atoms with E-state index in [1.165, 1.54) is 6.07 Å². The molecule has 1 unspecified atom stereocenters. The van der Waals surface area contributed by atoms with E-state index in [9.17, 15) is 4.39 Å². The molecule has 0 spiro atoms. The second-order valence-electron chi connectivity index (χ2n) is 4.88. The Bertz CT molecular complexity index is 348. The SMILES string of the molecule is CCCC(CCO)CNCc1ccc(F)c(C)c1. The van der Waals surface area contributed by atoms with E-state index in [1.54, 1.807) is 6.92 Å². The van der Waals surface area contributed by atoms with E-state index < -0.39 is 0 Å². The molecule has 2 N–H and O–H groups in total. The topological polar surface area (TPSA) is 32.3 Å². The number of aliphatic hydroxyl groups is 1. The van der Waals surface area contributed by atoms with E-state index in [4.69, 9.17) is 5.11 Å². The van der Waals surface area contributed by atoms with Crippen molar-refractivity contribution in [3.05, 3.63) is 35.1 Å². The molecule has 1 aromatic rings. The van der Waals surface area contributed by atoms with Crippen LogP contribution in [0.1, 0.15) is 37.3 Å². The molecule has 0 saturated carbocycles. The lowest BCUT2D eigenvalue weighted by Gasteiger charge is -2.15. The van der Waals surface area contributed by atoms with E-state index in [-0.39, 0.29) is 12.4 Å². The van der Waals surface area contributed by atoms with Gasteiger partial charge in [-0.25, -0.2) is 4.39 Å². The summed E-state index contributed by atoms with van der Waals surface area (Å²) in [4.78, 5) is 0. The van der Waals surface area contributed by atoms with Gasteiger partial charge in [0.15, 0.2) is 0 Å². The lowest BCUT2D eigenvalue weighted by Crippen LogP contribution is -2.23. The lowest BCUT2D eigenvalue weighted by atomic mass is 10.00. The minimum atomic E-state index is -0.150. The Labute approximate surface area is 109 Å². The van der Waals surface area contributed by atoms with Crippen LogP contribution in [-0.2, 0) is 6.54 Å². The average Bonchev–Trinajstić information content (AvgIpc) is 2.34. The third-order valence-electron chi connectivity index (χ3n) is 3.22. The van der Waals surface area contributed by atoms with Crippen molar-refractivity contribution < 1.29 is 9.50 Å². The lowest BCUT2D eigenvalue weighted by molar-refractivity contribution is 0.248. The zero-order valence-electron chi connectivity index (χ0n) is 11.4. The standard InChI is InChI=1S/C15H24FNO/c1-3-4-13(7-8-18)10-17-11-14-5-6-15(16)12(2)9-14/h5-6,9,13,17-18H,3-4,7-8,10-11H2,1-2H3. The Hall–Kier alpha value is -0.930. The van der Waals surface area contributed by atoms with Crippen LogP contribution in [0.5, 0.6) is 0 Å². The van der Waals surface area contributed by atoms with Crippen molar-refractivity contribution in [3.63, 3.8) is 0 Å². The molecule has 0 amide bonds. The van der Waals surface area contributed by atoms with Crippen molar-refractivity contribution >= 4 is 0 Å². The largest absolute Gasteiger partial charge is 0.396 e. The van der Waals surface area contributed by atoms with Crippen LogP contribution in [0.2, 0.25) is 0 Å². The first-order chi connectivity index (χ1) is 8.67. The first kappa shape index (κ1) is 15.1. The molecule has 1 rings (SSSR count). The molecule has 102 valence electrons. The molecule has 1 aromatic carbocycles. The number of nitrogens with one attached hydrogen (secondary N) is 1. The molecule has 0 aliphatic carbocycles. The minimum absolute atomic E-state index is 0.150. The van der Waals surface area contributed by atoms with Gasteiger partial charge in [-0.3, -0.25) is 0 Å². The summed E-state index contributed by atoms with van der Waals surface area (Å²) in [7, 11) is 0. The van der Waals surface area contributed by atoms with Gasteiger partial charge in [0.2, 0.25) is 0 Å². The quantitative estimate of drug-likeness (QED) is 0.746. The highest BCUT2D eigenvalue weighted by atomic mass is 19.1. The Kier molecular flexibility index (Phi) is 6.91. The van der Waals surface area contributed by atoms with Crippen LogP contribution < -0.4 is 5.32 Å². The molecular formula is C15H24FNO. The van der Waals surface area contributed by atoms with Crippen molar-refractivity contribution in [2.45, 2.75) is 39.7 Å². The number of halogens is 1. The zero-order chi connectivity index (χ0) is 13.4. The summed E-state index contributed by atoms with van der Waals surface area (Å²) in [6.45, 7) is 5.86. The molecule has 0 aromatic heterocycles. The number of aliphatic hydroxyl groups excluding tert-OH is 1. The molecule has 0 heterocycles. The maximum atomic E-state index is 13.1. The highest BCUT2D eigenvalue weighted by Crippen LogP contribution is 2.11. The smallest absolute Gasteiger partial charge is 0.126 e. The average molecular weight is 253 g/mol. The van der Waals surface area contributed by atoms with Gasteiger partial charge in [-0.05, 0) is 49.4 Å². The predicted octanol–water partition coefficient (Wildman–Crippen LogP) is 3.02. The Balaban J connectivity index is 2.37.